The Morgan fingerprint density at radius 1 is 0.618 bits per heavy atom. The van der Waals surface area contributed by atoms with Crippen LogP contribution in [0.25, 0.3) is 0 Å². The van der Waals surface area contributed by atoms with E-state index in [1.165, 1.54) is 76.5 Å². The van der Waals surface area contributed by atoms with Gasteiger partial charge in [-0.2, -0.15) is 0 Å². The summed E-state index contributed by atoms with van der Waals surface area (Å²) in [4.78, 5) is 43.2. The molecule has 0 rings (SSSR count). The number of carboxylic acids is 4. The van der Waals surface area contributed by atoms with Crippen molar-refractivity contribution in [3.63, 3.8) is 0 Å². The van der Waals surface area contributed by atoms with E-state index in [9.17, 15) is 19.2 Å². The summed E-state index contributed by atoms with van der Waals surface area (Å²) in [6.07, 6.45) is 15.0. The fraction of sp³-hybridized carbons (Fsp3) is 0.833. The van der Waals surface area contributed by atoms with Gasteiger partial charge in [-0.25, -0.2) is 0 Å². The summed E-state index contributed by atoms with van der Waals surface area (Å²) in [5.41, 5.74) is 0. The molecular weight excluding hydrogens is 444 g/mol. The molecule has 0 spiro atoms. The van der Waals surface area contributed by atoms with Gasteiger partial charge < -0.3 is 20.4 Å². The molecule has 0 aromatic heterocycles. The molecule has 10 nitrogen and oxygen atoms in total. The smallest absolute Gasteiger partial charge is 0.320 e. The Morgan fingerprint density at radius 2 is 0.941 bits per heavy atom. The van der Waals surface area contributed by atoms with Crippen LogP contribution in [0.2, 0.25) is 0 Å². The van der Waals surface area contributed by atoms with Crippen molar-refractivity contribution in [1.82, 2.24) is 10.2 Å². The first kappa shape index (κ1) is 34.0. The lowest BCUT2D eigenvalue weighted by Crippen LogP contribution is -2.43. The Kier molecular flexibility index (Phi) is 22.6. The summed E-state index contributed by atoms with van der Waals surface area (Å²) < 4.78 is 0. The van der Waals surface area contributed by atoms with E-state index in [2.05, 4.69) is 12.2 Å². The van der Waals surface area contributed by atoms with Crippen molar-refractivity contribution in [3.05, 3.63) is 0 Å². The molecule has 0 bridgehead atoms. The van der Waals surface area contributed by atoms with E-state index >= 15 is 0 Å². The van der Waals surface area contributed by atoms with Gasteiger partial charge in [-0.1, -0.05) is 77.6 Å². The van der Waals surface area contributed by atoms with Gasteiger partial charge in [-0.15, -0.1) is 0 Å². The van der Waals surface area contributed by atoms with Gasteiger partial charge in [0.05, 0.1) is 13.1 Å². The first-order valence-electron chi connectivity index (χ1n) is 12.4. The molecule has 0 aliphatic heterocycles. The number of carboxylic acid groups (broad SMARTS) is 4. The molecule has 10 heteroatoms. The average Bonchev–Trinajstić information content (AvgIpc) is 2.73. The molecule has 0 aliphatic carbocycles. The molecule has 0 aliphatic rings. The van der Waals surface area contributed by atoms with Crippen LogP contribution in [0.4, 0.5) is 0 Å². The zero-order chi connectivity index (χ0) is 26.4. The Labute approximate surface area is 203 Å². The van der Waals surface area contributed by atoms with Crippen LogP contribution in [0.3, 0.4) is 0 Å². The van der Waals surface area contributed by atoms with Crippen molar-refractivity contribution >= 4 is 23.9 Å². The Hall–Kier alpha value is -2.20. The van der Waals surface area contributed by atoms with E-state index < -0.39 is 36.0 Å². The van der Waals surface area contributed by atoms with Gasteiger partial charge in [0.15, 0.2) is 0 Å². The van der Waals surface area contributed by atoms with Gasteiger partial charge in [-0.3, -0.25) is 29.4 Å². The highest BCUT2D eigenvalue weighted by atomic mass is 16.4. The molecule has 0 saturated carbocycles. The number of hydrogen-bond acceptors (Lipinski definition) is 6. The van der Waals surface area contributed by atoms with Crippen LogP contribution in [-0.2, 0) is 19.2 Å². The van der Waals surface area contributed by atoms with E-state index in [1.54, 1.807) is 0 Å². The highest BCUT2D eigenvalue weighted by Gasteiger charge is 2.17. The Morgan fingerprint density at radius 3 is 1.24 bits per heavy atom. The number of carbonyl (C=O) groups is 4. The van der Waals surface area contributed by atoms with Gasteiger partial charge in [0.25, 0.3) is 0 Å². The molecule has 0 amide bonds. The lowest BCUT2D eigenvalue weighted by Gasteiger charge is -2.17. The minimum absolute atomic E-state index is 0.190. The molecule has 0 saturated heterocycles. The predicted molar refractivity (Wildman–Crippen MR) is 130 cm³/mol. The molecule has 0 radical (unpaired) electrons. The third-order valence-electron chi connectivity index (χ3n) is 5.29. The third kappa shape index (κ3) is 24.4. The second kappa shape index (κ2) is 22.6. The minimum atomic E-state index is -1.06. The van der Waals surface area contributed by atoms with Crippen molar-refractivity contribution in [2.24, 2.45) is 0 Å². The summed E-state index contributed by atoms with van der Waals surface area (Å²) in [7, 11) is 0. The minimum Gasteiger partial charge on any atom is -0.480 e. The number of rotatable bonds is 21. The molecule has 34 heavy (non-hydrogen) atoms. The SMILES string of the molecule is CC(NC(C)C(=O)O)C(=O)O.CCCCCCCCCCCCCCN(CC(=O)O)CC(=O)O. The van der Waals surface area contributed by atoms with E-state index in [1.807, 2.05) is 0 Å². The quantitative estimate of drug-likeness (QED) is 0.150. The lowest BCUT2D eigenvalue weighted by atomic mass is 10.1. The van der Waals surface area contributed by atoms with Gasteiger partial charge in [0.1, 0.15) is 12.1 Å². The maximum atomic E-state index is 10.7. The molecule has 200 valence electrons. The summed E-state index contributed by atoms with van der Waals surface area (Å²) in [6.45, 7) is 5.19. The van der Waals surface area contributed by atoms with Crippen LogP contribution in [0, 0.1) is 0 Å². The molecule has 2 atom stereocenters. The highest BCUT2D eigenvalue weighted by molar-refractivity contribution is 5.76. The molecule has 2 unspecified atom stereocenters. The summed E-state index contributed by atoms with van der Waals surface area (Å²) in [6, 6.07) is -1.66. The number of unbranched alkanes of at least 4 members (excludes halogenated alkanes) is 11. The monoisotopic (exact) mass is 490 g/mol. The van der Waals surface area contributed by atoms with Gasteiger partial charge in [-0.05, 0) is 26.8 Å². The number of hydrogen-bond donors (Lipinski definition) is 5. The topological polar surface area (TPSA) is 164 Å². The van der Waals surface area contributed by atoms with E-state index in [0.717, 1.165) is 19.3 Å². The van der Waals surface area contributed by atoms with Crippen molar-refractivity contribution in [1.29, 1.82) is 0 Å². The fourth-order valence-electron chi connectivity index (χ4n) is 3.29. The first-order chi connectivity index (χ1) is 16.0. The van der Waals surface area contributed by atoms with E-state index in [0.29, 0.717) is 6.54 Å². The van der Waals surface area contributed by atoms with Crippen LogP contribution >= 0.6 is 0 Å². The normalized spacial score (nSPS) is 12.5. The van der Waals surface area contributed by atoms with Crippen LogP contribution in [0.15, 0.2) is 0 Å². The summed E-state index contributed by atoms with van der Waals surface area (Å²) >= 11 is 0. The summed E-state index contributed by atoms with van der Waals surface area (Å²) in [5, 5.41) is 36.6. The van der Waals surface area contributed by atoms with E-state index in [4.69, 9.17) is 20.4 Å². The Balaban J connectivity index is 0. The van der Waals surface area contributed by atoms with Gasteiger partial charge in [0, 0.05) is 0 Å². The van der Waals surface area contributed by atoms with Crippen molar-refractivity contribution in [2.45, 2.75) is 110 Å². The van der Waals surface area contributed by atoms with Crippen LogP contribution in [0.1, 0.15) is 97.8 Å². The molecule has 0 heterocycles. The van der Waals surface area contributed by atoms with Gasteiger partial charge >= 0.3 is 23.9 Å². The average molecular weight is 491 g/mol. The third-order valence-corrected chi connectivity index (χ3v) is 5.29. The van der Waals surface area contributed by atoms with Crippen molar-refractivity contribution in [2.75, 3.05) is 19.6 Å². The molecule has 0 fully saturated rings. The second-order valence-electron chi connectivity index (χ2n) is 8.67. The number of aliphatic carboxylic acids is 4. The number of nitrogens with one attached hydrogen (secondary N) is 1. The summed E-state index contributed by atoms with van der Waals surface area (Å²) in [5.74, 6) is -4.05. The van der Waals surface area contributed by atoms with Crippen LogP contribution in [0.5, 0.6) is 0 Å². The maximum absolute atomic E-state index is 10.7. The maximum Gasteiger partial charge on any atom is 0.320 e. The van der Waals surface area contributed by atoms with E-state index in [-0.39, 0.29) is 13.1 Å². The molecular formula is C24H46N2O8. The van der Waals surface area contributed by atoms with Crippen LogP contribution < -0.4 is 5.32 Å². The van der Waals surface area contributed by atoms with Crippen LogP contribution in [-0.4, -0.2) is 80.9 Å². The molecule has 5 N–H and O–H groups in total. The number of nitrogens with zero attached hydrogens (tertiary/aromatic N) is 1. The Bertz CT molecular complexity index is 537. The second-order valence-corrected chi connectivity index (χ2v) is 8.67. The largest absolute Gasteiger partial charge is 0.480 e. The lowest BCUT2D eigenvalue weighted by molar-refractivity contribution is -0.143. The highest BCUT2D eigenvalue weighted by Crippen LogP contribution is 2.12. The zero-order valence-electron chi connectivity index (χ0n) is 21.1. The first-order valence-corrected chi connectivity index (χ1v) is 12.4. The fourth-order valence-corrected chi connectivity index (χ4v) is 3.29. The van der Waals surface area contributed by atoms with Crippen molar-refractivity contribution < 1.29 is 39.6 Å². The van der Waals surface area contributed by atoms with Crippen molar-refractivity contribution in [3.8, 4) is 0 Å². The standard InChI is InChI=1S/C18H35NO4.C6H11NO4/c1-2-3-4-5-6-7-8-9-10-11-12-13-14-19(15-17(20)21)16-18(22)23;1-3(5(8)9)7-4(2)6(10)11/h2-16H2,1H3,(H,20,21)(H,22,23);3-4,7H,1-2H3,(H,8,9)(H,10,11). The predicted octanol–water partition coefficient (Wildman–Crippen LogP) is 3.68. The molecule has 0 aromatic carbocycles. The zero-order valence-corrected chi connectivity index (χ0v) is 21.1. The molecule has 0 aromatic rings. The van der Waals surface area contributed by atoms with Gasteiger partial charge in [0.2, 0.25) is 0 Å².